The maximum absolute atomic E-state index is 14.2. The van der Waals surface area contributed by atoms with Crippen LogP contribution in [0.1, 0.15) is 51.2 Å². The van der Waals surface area contributed by atoms with Gasteiger partial charge in [0.1, 0.15) is 5.82 Å². The molecule has 154 valence electrons. The van der Waals surface area contributed by atoms with Gasteiger partial charge in [-0.2, -0.15) is 4.39 Å². The molecule has 0 aliphatic rings. The zero-order valence-corrected chi connectivity index (χ0v) is 17.2. The highest BCUT2D eigenvalue weighted by Gasteiger charge is 2.19. The van der Waals surface area contributed by atoms with Crippen LogP contribution in [0.15, 0.2) is 60.9 Å². The van der Waals surface area contributed by atoms with Crippen molar-refractivity contribution in [2.45, 2.75) is 46.5 Å². The molecule has 0 saturated carbocycles. The summed E-state index contributed by atoms with van der Waals surface area (Å²) in [5.41, 5.74) is 1.55. The van der Waals surface area contributed by atoms with E-state index in [1.54, 1.807) is 19.1 Å². The predicted molar refractivity (Wildman–Crippen MR) is 112 cm³/mol. The van der Waals surface area contributed by atoms with Crippen molar-refractivity contribution in [1.29, 1.82) is 0 Å². The number of halogens is 3. The Labute approximate surface area is 167 Å². The monoisotopic (exact) mass is 392 g/mol. The first-order valence-electron chi connectivity index (χ1n) is 9.68. The van der Waals surface area contributed by atoms with Gasteiger partial charge in [0.25, 0.3) is 0 Å². The van der Waals surface area contributed by atoms with Crippen LogP contribution in [0.5, 0.6) is 0 Å². The van der Waals surface area contributed by atoms with E-state index in [4.69, 9.17) is 4.74 Å². The summed E-state index contributed by atoms with van der Waals surface area (Å²) >= 11 is 0. The molecule has 0 radical (unpaired) electrons. The standard InChI is InChI=1S/C24H31F3O/c1-7-20-12-14-21(22(25)15-20)13-10-16(3)9-11-17(4)18(5)23(26)24(27)19(6)28-8-2/h7,12,14-17H,1,5-6,8-11,13H2,2-4H3/b24-23-. The number of allylic oxidation sites excluding steroid dienone is 3. The summed E-state index contributed by atoms with van der Waals surface area (Å²) < 4.78 is 47.1. The van der Waals surface area contributed by atoms with Gasteiger partial charge in [-0.05, 0) is 60.8 Å². The Hall–Kier alpha value is -2.23. The van der Waals surface area contributed by atoms with Crippen LogP contribution in [0, 0.1) is 17.7 Å². The molecule has 0 spiro atoms. The van der Waals surface area contributed by atoms with Crippen molar-refractivity contribution in [3.8, 4) is 0 Å². The molecule has 0 amide bonds. The molecule has 2 atom stereocenters. The van der Waals surface area contributed by atoms with E-state index in [1.165, 1.54) is 6.07 Å². The largest absolute Gasteiger partial charge is 0.491 e. The van der Waals surface area contributed by atoms with Crippen LogP contribution in [0.4, 0.5) is 13.2 Å². The minimum absolute atomic E-state index is 0.108. The molecule has 1 nitrogen and oxygen atoms in total. The van der Waals surface area contributed by atoms with Crippen molar-refractivity contribution in [3.63, 3.8) is 0 Å². The van der Waals surface area contributed by atoms with Crippen molar-refractivity contribution in [3.05, 3.63) is 77.9 Å². The summed E-state index contributed by atoms with van der Waals surface area (Å²) in [6.45, 7) is 16.5. The lowest BCUT2D eigenvalue weighted by Crippen LogP contribution is -2.06. The molecule has 0 saturated heterocycles. The number of aryl methyl sites for hydroxylation is 1. The summed E-state index contributed by atoms with van der Waals surface area (Å²) in [4.78, 5) is 0. The minimum Gasteiger partial charge on any atom is -0.491 e. The second kappa shape index (κ2) is 11.6. The minimum atomic E-state index is -1.09. The third-order valence-corrected chi connectivity index (χ3v) is 4.94. The lowest BCUT2D eigenvalue weighted by Gasteiger charge is -2.18. The second-order valence-electron chi connectivity index (χ2n) is 7.19. The Balaban J connectivity index is 2.54. The van der Waals surface area contributed by atoms with Gasteiger partial charge in [-0.3, -0.25) is 0 Å². The van der Waals surface area contributed by atoms with E-state index >= 15 is 0 Å². The van der Waals surface area contributed by atoms with Crippen LogP contribution in [0.3, 0.4) is 0 Å². The fourth-order valence-corrected chi connectivity index (χ4v) is 2.87. The van der Waals surface area contributed by atoms with Gasteiger partial charge in [0.2, 0.25) is 0 Å². The quantitative estimate of drug-likeness (QED) is 0.261. The molecule has 0 N–H and O–H groups in total. The fraction of sp³-hybridized carbons (Fsp3) is 0.417. The van der Waals surface area contributed by atoms with Crippen LogP contribution in [0.25, 0.3) is 6.08 Å². The van der Waals surface area contributed by atoms with Crippen LogP contribution in [-0.2, 0) is 11.2 Å². The number of ether oxygens (including phenoxy) is 1. The highest BCUT2D eigenvalue weighted by atomic mass is 19.2. The molecule has 0 heterocycles. The fourth-order valence-electron chi connectivity index (χ4n) is 2.87. The van der Waals surface area contributed by atoms with Gasteiger partial charge in [0.05, 0.1) is 6.61 Å². The number of hydrogen-bond donors (Lipinski definition) is 0. The van der Waals surface area contributed by atoms with Crippen molar-refractivity contribution in [1.82, 2.24) is 0 Å². The highest BCUT2D eigenvalue weighted by molar-refractivity contribution is 5.47. The first kappa shape index (κ1) is 23.8. The zero-order chi connectivity index (χ0) is 21.3. The molecular weight excluding hydrogens is 361 g/mol. The maximum atomic E-state index is 14.2. The molecule has 28 heavy (non-hydrogen) atoms. The van der Waals surface area contributed by atoms with Crippen molar-refractivity contribution >= 4 is 6.08 Å². The smallest absolute Gasteiger partial charge is 0.200 e. The molecule has 1 aromatic rings. The van der Waals surface area contributed by atoms with E-state index in [9.17, 15) is 13.2 Å². The summed E-state index contributed by atoms with van der Waals surface area (Å²) in [6, 6.07) is 5.12. The van der Waals surface area contributed by atoms with E-state index in [2.05, 4.69) is 26.7 Å². The van der Waals surface area contributed by atoms with Crippen LogP contribution in [0.2, 0.25) is 0 Å². The summed E-state index contributed by atoms with van der Waals surface area (Å²) in [7, 11) is 0. The van der Waals surface area contributed by atoms with Gasteiger partial charge >= 0.3 is 0 Å². The first-order valence-corrected chi connectivity index (χ1v) is 9.68. The lowest BCUT2D eigenvalue weighted by atomic mass is 9.89. The summed E-state index contributed by atoms with van der Waals surface area (Å²) in [5.74, 6) is -2.52. The maximum Gasteiger partial charge on any atom is 0.200 e. The molecule has 0 fully saturated rings. The Kier molecular flexibility index (Phi) is 9.84. The van der Waals surface area contributed by atoms with E-state index in [0.29, 0.717) is 24.3 Å². The van der Waals surface area contributed by atoms with Crippen LogP contribution in [-0.4, -0.2) is 6.61 Å². The van der Waals surface area contributed by atoms with Gasteiger partial charge in [-0.15, -0.1) is 0 Å². The predicted octanol–water partition coefficient (Wildman–Crippen LogP) is 7.71. The SMILES string of the molecule is C=Cc1ccc(CCC(C)CCC(C)C(=C)/C(F)=C(/F)C(=C)OCC)c(F)c1. The number of rotatable bonds is 12. The highest BCUT2D eigenvalue weighted by Crippen LogP contribution is 2.30. The van der Waals surface area contributed by atoms with Gasteiger partial charge in [-0.25, -0.2) is 8.78 Å². The molecule has 0 aliphatic heterocycles. The second-order valence-corrected chi connectivity index (χ2v) is 7.19. The van der Waals surface area contributed by atoms with Gasteiger partial charge in [-0.1, -0.05) is 58.2 Å². The zero-order valence-electron chi connectivity index (χ0n) is 17.2. The lowest BCUT2D eigenvalue weighted by molar-refractivity contribution is 0.223. The summed E-state index contributed by atoms with van der Waals surface area (Å²) in [5, 5.41) is 0. The number of benzene rings is 1. The van der Waals surface area contributed by atoms with E-state index < -0.39 is 11.7 Å². The third kappa shape index (κ3) is 7.06. The van der Waals surface area contributed by atoms with Crippen molar-refractivity contribution in [2.24, 2.45) is 11.8 Å². The van der Waals surface area contributed by atoms with Gasteiger partial charge in [0, 0.05) is 0 Å². The molecule has 0 bridgehead atoms. The van der Waals surface area contributed by atoms with Gasteiger partial charge in [0.15, 0.2) is 17.4 Å². The Bertz CT molecular complexity index is 733. The van der Waals surface area contributed by atoms with E-state index in [1.807, 2.05) is 13.0 Å². The molecular formula is C24H31F3O. The molecule has 2 unspecified atom stereocenters. The van der Waals surface area contributed by atoms with Crippen molar-refractivity contribution < 1.29 is 17.9 Å². The van der Waals surface area contributed by atoms with Crippen LogP contribution < -0.4 is 0 Å². The summed E-state index contributed by atoms with van der Waals surface area (Å²) in [6.07, 6.45) is 4.55. The van der Waals surface area contributed by atoms with E-state index in [0.717, 1.165) is 18.4 Å². The molecule has 0 aliphatic carbocycles. The van der Waals surface area contributed by atoms with E-state index in [-0.39, 0.29) is 29.7 Å². The number of hydrogen-bond acceptors (Lipinski definition) is 1. The Morgan fingerprint density at radius 3 is 2.36 bits per heavy atom. The van der Waals surface area contributed by atoms with Gasteiger partial charge < -0.3 is 4.74 Å². The van der Waals surface area contributed by atoms with Crippen molar-refractivity contribution in [2.75, 3.05) is 6.61 Å². The average Bonchev–Trinajstić information content (AvgIpc) is 2.69. The first-order chi connectivity index (χ1) is 13.2. The average molecular weight is 393 g/mol. The third-order valence-electron chi connectivity index (χ3n) is 4.94. The molecule has 4 heteroatoms. The topological polar surface area (TPSA) is 9.23 Å². The van der Waals surface area contributed by atoms with Crippen LogP contribution >= 0.6 is 0 Å². The normalized spacial score (nSPS) is 14.1. The molecule has 1 rings (SSSR count). The Morgan fingerprint density at radius 1 is 1.11 bits per heavy atom. The Morgan fingerprint density at radius 2 is 1.79 bits per heavy atom. The molecule has 0 aromatic heterocycles. The molecule has 1 aromatic carbocycles.